The van der Waals surface area contributed by atoms with Crippen molar-refractivity contribution in [3.8, 4) is 5.75 Å². The fourth-order valence-electron chi connectivity index (χ4n) is 2.50. The number of pyridine rings is 1. The molecule has 0 N–H and O–H groups in total. The molecule has 1 saturated heterocycles. The van der Waals surface area contributed by atoms with E-state index in [1.807, 2.05) is 36.4 Å². The first-order valence-corrected chi connectivity index (χ1v) is 8.23. The van der Waals surface area contributed by atoms with Crippen LogP contribution >= 0.6 is 11.6 Å². The monoisotopic (exact) mass is 373 g/mol. The number of hydrogen-bond donors (Lipinski definition) is 0. The van der Waals surface area contributed by atoms with Crippen molar-refractivity contribution in [2.24, 2.45) is 5.10 Å². The fraction of sp³-hybridized carbons (Fsp3) is 0.176. The molecular formula is C17H16ClN5O3. The summed E-state index contributed by atoms with van der Waals surface area (Å²) < 4.78 is 5.50. The van der Waals surface area contributed by atoms with Crippen LogP contribution in [0.2, 0.25) is 5.15 Å². The Morgan fingerprint density at radius 3 is 2.77 bits per heavy atom. The van der Waals surface area contributed by atoms with E-state index in [0.29, 0.717) is 30.5 Å². The smallest absolute Gasteiger partial charge is 0.278 e. The summed E-state index contributed by atoms with van der Waals surface area (Å²) in [6.07, 6.45) is 4.76. The summed E-state index contributed by atoms with van der Waals surface area (Å²) >= 11 is 5.79. The minimum atomic E-state index is -0.702. The molecule has 0 radical (unpaired) electrons. The van der Waals surface area contributed by atoms with Gasteiger partial charge in [-0.05, 0) is 23.8 Å². The maximum absolute atomic E-state index is 10.9. The molecule has 9 heteroatoms. The summed E-state index contributed by atoms with van der Waals surface area (Å²) in [7, 11) is 0. The van der Waals surface area contributed by atoms with Gasteiger partial charge in [-0.1, -0.05) is 35.9 Å². The molecule has 8 nitrogen and oxygen atoms in total. The van der Waals surface area contributed by atoms with Gasteiger partial charge in [-0.2, -0.15) is 0 Å². The highest BCUT2D eigenvalue weighted by molar-refractivity contribution is 6.29. The average Bonchev–Trinajstić information content (AvgIpc) is 2.99. The van der Waals surface area contributed by atoms with E-state index in [1.165, 1.54) is 6.26 Å². The van der Waals surface area contributed by atoms with Gasteiger partial charge in [-0.3, -0.25) is 0 Å². The lowest BCUT2D eigenvalue weighted by atomic mass is 10.3. The Morgan fingerprint density at radius 1 is 1.27 bits per heavy atom. The van der Waals surface area contributed by atoms with Gasteiger partial charge in [0.25, 0.3) is 5.96 Å². The number of hydrogen-bond acceptors (Lipinski definition) is 4. The van der Waals surface area contributed by atoms with Crippen LogP contribution in [0.15, 0.2) is 66.2 Å². The summed E-state index contributed by atoms with van der Waals surface area (Å²) in [6.45, 7) is 1.59. The number of halogens is 1. The number of ether oxygens (including phenoxy) is 1. The van der Waals surface area contributed by atoms with Crippen molar-refractivity contribution in [1.29, 1.82) is 0 Å². The van der Waals surface area contributed by atoms with Gasteiger partial charge in [-0.15, -0.1) is 0 Å². The summed E-state index contributed by atoms with van der Waals surface area (Å²) in [5.41, 5.74) is 0.886. The Bertz CT molecular complexity index is 811. The fourth-order valence-corrected chi connectivity index (χ4v) is 2.61. The first kappa shape index (κ1) is 17.7. The second-order valence-electron chi connectivity index (χ2n) is 5.46. The first-order chi connectivity index (χ1) is 12.6. The predicted molar refractivity (Wildman–Crippen MR) is 97.0 cm³/mol. The number of nitro groups is 1. The molecule has 2 heterocycles. The van der Waals surface area contributed by atoms with Crippen molar-refractivity contribution in [3.05, 3.63) is 82.0 Å². The minimum Gasteiger partial charge on any atom is -0.463 e. The van der Waals surface area contributed by atoms with E-state index in [1.54, 1.807) is 28.3 Å². The van der Waals surface area contributed by atoms with E-state index < -0.39 is 5.03 Å². The third-order valence-electron chi connectivity index (χ3n) is 3.67. The van der Waals surface area contributed by atoms with Crippen LogP contribution in [0.1, 0.15) is 5.56 Å². The van der Waals surface area contributed by atoms with Crippen LogP contribution in [0.5, 0.6) is 5.75 Å². The van der Waals surface area contributed by atoms with E-state index in [9.17, 15) is 10.1 Å². The Balaban J connectivity index is 1.70. The van der Waals surface area contributed by atoms with E-state index in [0.717, 1.165) is 5.56 Å². The Hall–Kier alpha value is -3.13. The second-order valence-corrected chi connectivity index (χ2v) is 5.85. The largest absolute Gasteiger partial charge is 0.463 e. The van der Waals surface area contributed by atoms with Crippen LogP contribution in [0, 0.1) is 10.1 Å². The highest BCUT2D eigenvalue weighted by atomic mass is 35.5. The zero-order chi connectivity index (χ0) is 18.4. The quantitative estimate of drug-likeness (QED) is 0.335. The molecule has 3 rings (SSSR count). The van der Waals surface area contributed by atoms with Gasteiger partial charge < -0.3 is 14.5 Å². The lowest BCUT2D eigenvalue weighted by Gasteiger charge is -2.18. The van der Waals surface area contributed by atoms with Crippen molar-refractivity contribution in [2.45, 2.75) is 6.54 Å². The van der Waals surface area contributed by atoms with Crippen molar-refractivity contribution in [3.63, 3.8) is 0 Å². The molecule has 0 amide bonds. The Morgan fingerprint density at radius 2 is 2.08 bits per heavy atom. The Labute approximate surface area is 155 Å². The van der Waals surface area contributed by atoms with Crippen molar-refractivity contribution >= 4 is 17.6 Å². The highest BCUT2D eigenvalue weighted by Gasteiger charge is 2.28. The van der Waals surface area contributed by atoms with Crippen molar-refractivity contribution in [1.82, 2.24) is 14.8 Å². The molecule has 0 aliphatic carbocycles. The van der Waals surface area contributed by atoms with Crippen LogP contribution in [0.4, 0.5) is 0 Å². The van der Waals surface area contributed by atoms with Crippen LogP contribution < -0.4 is 4.74 Å². The lowest BCUT2D eigenvalue weighted by molar-refractivity contribution is -0.486. The molecule has 2 aromatic rings. The molecule has 1 fully saturated rings. The average molecular weight is 374 g/mol. The van der Waals surface area contributed by atoms with Crippen LogP contribution in [0.3, 0.4) is 0 Å². The number of nitrogens with zero attached hydrogens (tertiary/aromatic N) is 5. The van der Waals surface area contributed by atoms with E-state index >= 15 is 0 Å². The van der Waals surface area contributed by atoms with Gasteiger partial charge in [0.1, 0.15) is 22.3 Å². The normalized spacial score (nSPS) is 15.8. The van der Waals surface area contributed by atoms with Gasteiger partial charge in [0.15, 0.2) is 5.03 Å². The maximum atomic E-state index is 10.9. The maximum Gasteiger partial charge on any atom is 0.278 e. The van der Waals surface area contributed by atoms with Gasteiger partial charge in [0.05, 0.1) is 0 Å². The van der Waals surface area contributed by atoms with E-state index in [2.05, 4.69) is 10.1 Å². The van der Waals surface area contributed by atoms with Crippen LogP contribution in [-0.2, 0) is 6.54 Å². The number of para-hydroxylation sites is 1. The number of guanidine groups is 1. The summed E-state index contributed by atoms with van der Waals surface area (Å²) in [5.74, 6) is 0.928. The lowest BCUT2D eigenvalue weighted by Crippen LogP contribution is -2.31. The van der Waals surface area contributed by atoms with Gasteiger partial charge in [-0.25, -0.2) is 15.1 Å². The van der Waals surface area contributed by atoms with Gasteiger partial charge in [0, 0.05) is 32.0 Å². The van der Waals surface area contributed by atoms with Crippen LogP contribution in [-0.4, -0.2) is 38.9 Å². The molecule has 1 aromatic heterocycles. The summed E-state index contributed by atoms with van der Waals surface area (Å²) in [4.78, 5) is 18.4. The molecule has 0 atom stereocenters. The third-order valence-corrected chi connectivity index (χ3v) is 3.90. The van der Waals surface area contributed by atoms with Crippen molar-refractivity contribution < 1.29 is 9.77 Å². The molecule has 0 spiro atoms. The molecule has 1 aliphatic rings. The molecule has 1 aromatic carbocycles. The summed E-state index contributed by atoms with van der Waals surface area (Å²) in [5, 5.41) is 14.1. The number of benzene rings is 1. The van der Waals surface area contributed by atoms with Crippen LogP contribution in [0.25, 0.3) is 0 Å². The minimum absolute atomic E-state index is 0.248. The highest BCUT2D eigenvalue weighted by Crippen LogP contribution is 2.16. The van der Waals surface area contributed by atoms with Gasteiger partial charge >= 0.3 is 0 Å². The standard InChI is InChI=1S/C17H16ClN5O3/c18-16-7-6-14(12-19-16)13-22-9-8-21(17(22)20-23(24)25)10-11-26-15-4-2-1-3-5-15/h1-7,10-12H,8-9,13H2. The Kier molecular flexibility index (Phi) is 5.65. The first-order valence-electron chi connectivity index (χ1n) is 7.85. The molecule has 1 aliphatic heterocycles. The molecule has 0 saturated carbocycles. The zero-order valence-corrected chi connectivity index (χ0v) is 14.5. The zero-order valence-electron chi connectivity index (χ0n) is 13.7. The van der Waals surface area contributed by atoms with E-state index in [4.69, 9.17) is 16.3 Å². The molecule has 0 unspecified atom stereocenters. The number of hydrazone groups is 1. The molecule has 134 valence electrons. The van der Waals surface area contributed by atoms with E-state index in [-0.39, 0.29) is 5.96 Å². The van der Waals surface area contributed by atoms with Crippen molar-refractivity contribution in [2.75, 3.05) is 13.1 Å². The molecule has 0 bridgehead atoms. The number of aromatic nitrogens is 1. The van der Waals surface area contributed by atoms with Gasteiger partial charge in [0.2, 0.25) is 0 Å². The summed E-state index contributed by atoms with van der Waals surface area (Å²) in [6, 6.07) is 12.8. The second kappa shape index (κ2) is 8.30. The number of rotatable bonds is 6. The topological polar surface area (TPSA) is 84.1 Å². The predicted octanol–water partition coefficient (Wildman–Crippen LogP) is 2.95. The molecule has 26 heavy (non-hydrogen) atoms. The third kappa shape index (κ3) is 4.70. The molecular weight excluding hydrogens is 358 g/mol. The SMILES string of the molecule is O=[N+]([O-])N=C1N(C=COc2ccccc2)CCN1Cc1ccc(Cl)nc1.